The highest BCUT2D eigenvalue weighted by atomic mass is 19.1. The Labute approximate surface area is 136 Å². The summed E-state index contributed by atoms with van der Waals surface area (Å²) in [4.78, 5) is 0. The van der Waals surface area contributed by atoms with Crippen LogP contribution in [0.3, 0.4) is 0 Å². The smallest absolute Gasteiger partial charge is 0.123 e. The van der Waals surface area contributed by atoms with E-state index in [4.69, 9.17) is 9.47 Å². The first kappa shape index (κ1) is 16.0. The van der Waals surface area contributed by atoms with Gasteiger partial charge in [-0.3, -0.25) is 0 Å². The molecule has 4 heteroatoms. The molecule has 1 N–H and O–H groups in total. The second kappa shape index (κ2) is 8.09. The zero-order chi connectivity index (χ0) is 15.9. The molecule has 1 aliphatic rings. The monoisotopic (exact) mass is 315 g/mol. The van der Waals surface area contributed by atoms with Crippen molar-refractivity contribution >= 4 is 0 Å². The molecule has 122 valence electrons. The molecule has 0 bridgehead atoms. The van der Waals surface area contributed by atoms with Crippen molar-refractivity contribution in [1.82, 2.24) is 5.32 Å². The summed E-state index contributed by atoms with van der Waals surface area (Å²) in [6.45, 7) is 2.85. The Bertz CT molecular complexity index is 609. The summed E-state index contributed by atoms with van der Waals surface area (Å²) in [6.07, 6.45) is 2.41. The van der Waals surface area contributed by atoms with E-state index in [0.29, 0.717) is 19.7 Å². The highest BCUT2D eigenvalue weighted by Gasteiger charge is 2.16. The first-order valence-corrected chi connectivity index (χ1v) is 8.09. The molecular formula is C19H22FNO2. The largest absolute Gasteiger partial charge is 0.491 e. The molecule has 0 aliphatic carbocycles. The van der Waals surface area contributed by atoms with Gasteiger partial charge in [0.05, 0.1) is 6.10 Å². The SMILES string of the molecule is Fc1ccc(CNCc2ccccc2OCC2CCCO2)cc1. The van der Waals surface area contributed by atoms with E-state index in [1.807, 2.05) is 18.2 Å². The Balaban J connectivity index is 1.51. The molecule has 0 radical (unpaired) electrons. The molecular weight excluding hydrogens is 293 g/mol. The van der Waals surface area contributed by atoms with E-state index in [2.05, 4.69) is 11.4 Å². The van der Waals surface area contributed by atoms with Gasteiger partial charge in [-0.2, -0.15) is 0 Å². The predicted octanol–water partition coefficient (Wildman–Crippen LogP) is 3.67. The van der Waals surface area contributed by atoms with E-state index in [1.165, 1.54) is 12.1 Å². The third-order valence-electron chi connectivity index (χ3n) is 3.98. The van der Waals surface area contributed by atoms with Crippen molar-refractivity contribution in [1.29, 1.82) is 0 Å². The number of hydrogen-bond donors (Lipinski definition) is 1. The summed E-state index contributed by atoms with van der Waals surface area (Å²) in [5.74, 6) is 0.691. The van der Waals surface area contributed by atoms with Crippen LogP contribution in [0.15, 0.2) is 48.5 Å². The molecule has 23 heavy (non-hydrogen) atoms. The summed E-state index contributed by atoms with van der Waals surface area (Å²) >= 11 is 0. The Morgan fingerprint density at radius 1 is 1.09 bits per heavy atom. The average Bonchev–Trinajstić information content (AvgIpc) is 3.09. The zero-order valence-corrected chi connectivity index (χ0v) is 13.1. The summed E-state index contributed by atoms with van der Waals surface area (Å²) < 4.78 is 24.4. The molecule has 0 saturated carbocycles. The molecule has 3 nitrogen and oxygen atoms in total. The zero-order valence-electron chi connectivity index (χ0n) is 13.1. The normalized spacial score (nSPS) is 17.3. The van der Waals surface area contributed by atoms with Gasteiger partial charge in [0, 0.05) is 25.3 Å². The molecule has 1 unspecified atom stereocenters. The van der Waals surface area contributed by atoms with Crippen LogP contribution in [0, 0.1) is 5.82 Å². The van der Waals surface area contributed by atoms with Crippen LogP contribution >= 0.6 is 0 Å². The molecule has 2 aromatic rings. The Morgan fingerprint density at radius 2 is 1.91 bits per heavy atom. The third kappa shape index (κ3) is 4.78. The number of ether oxygens (including phenoxy) is 2. The molecule has 1 atom stereocenters. The molecule has 1 heterocycles. The van der Waals surface area contributed by atoms with Gasteiger partial charge in [0.1, 0.15) is 18.2 Å². The van der Waals surface area contributed by atoms with Gasteiger partial charge in [-0.25, -0.2) is 4.39 Å². The van der Waals surface area contributed by atoms with Crippen molar-refractivity contribution in [3.05, 3.63) is 65.5 Å². The molecule has 1 fully saturated rings. The van der Waals surface area contributed by atoms with Crippen molar-refractivity contribution in [2.24, 2.45) is 0 Å². The highest BCUT2D eigenvalue weighted by molar-refractivity contribution is 5.33. The lowest BCUT2D eigenvalue weighted by Crippen LogP contribution is -2.18. The van der Waals surface area contributed by atoms with Gasteiger partial charge in [0.25, 0.3) is 0 Å². The van der Waals surface area contributed by atoms with Crippen molar-refractivity contribution in [2.45, 2.75) is 32.0 Å². The molecule has 2 aromatic carbocycles. The van der Waals surface area contributed by atoms with Crippen molar-refractivity contribution in [3.63, 3.8) is 0 Å². The van der Waals surface area contributed by atoms with Gasteiger partial charge in [-0.15, -0.1) is 0 Å². The fourth-order valence-corrected chi connectivity index (χ4v) is 2.69. The lowest BCUT2D eigenvalue weighted by Gasteiger charge is -2.15. The number of hydrogen-bond acceptors (Lipinski definition) is 3. The van der Waals surface area contributed by atoms with Gasteiger partial charge in [-0.1, -0.05) is 30.3 Å². The van der Waals surface area contributed by atoms with E-state index in [9.17, 15) is 4.39 Å². The molecule has 1 saturated heterocycles. The maximum atomic E-state index is 12.9. The highest BCUT2D eigenvalue weighted by Crippen LogP contribution is 2.20. The Hall–Kier alpha value is -1.91. The number of benzene rings is 2. The lowest BCUT2D eigenvalue weighted by atomic mass is 10.2. The maximum Gasteiger partial charge on any atom is 0.123 e. The summed E-state index contributed by atoms with van der Waals surface area (Å²) in [5, 5.41) is 3.37. The van der Waals surface area contributed by atoms with Crippen molar-refractivity contribution in [3.8, 4) is 5.75 Å². The minimum Gasteiger partial charge on any atom is -0.491 e. The number of nitrogens with one attached hydrogen (secondary N) is 1. The van der Waals surface area contributed by atoms with Crippen LogP contribution in [0.1, 0.15) is 24.0 Å². The fourth-order valence-electron chi connectivity index (χ4n) is 2.69. The van der Waals surface area contributed by atoms with Gasteiger partial charge >= 0.3 is 0 Å². The minimum atomic E-state index is -0.207. The predicted molar refractivity (Wildman–Crippen MR) is 87.9 cm³/mol. The van der Waals surface area contributed by atoms with Gasteiger partial charge in [0.15, 0.2) is 0 Å². The van der Waals surface area contributed by atoms with E-state index >= 15 is 0 Å². The second-order valence-electron chi connectivity index (χ2n) is 5.78. The molecule has 0 aromatic heterocycles. The molecule has 3 rings (SSSR count). The topological polar surface area (TPSA) is 30.5 Å². The Kier molecular flexibility index (Phi) is 5.61. The Morgan fingerprint density at radius 3 is 2.70 bits per heavy atom. The first-order chi connectivity index (χ1) is 11.3. The van der Waals surface area contributed by atoms with E-state index < -0.39 is 0 Å². The minimum absolute atomic E-state index is 0.207. The van der Waals surface area contributed by atoms with Crippen molar-refractivity contribution in [2.75, 3.05) is 13.2 Å². The quantitative estimate of drug-likeness (QED) is 0.845. The van der Waals surface area contributed by atoms with Gasteiger partial charge in [-0.05, 0) is 36.6 Å². The number of rotatable bonds is 7. The lowest BCUT2D eigenvalue weighted by molar-refractivity contribution is 0.0676. The van der Waals surface area contributed by atoms with Crippen LogP contribution in [-0.4, -0.2) is 19.3 Å². The molecule has 1 aliphatic heterocycles. The second-order valence-corrected chi connectivity index (χ2v) is 5.78. The van der Waals surface area contributed by atoms with E-state index in [-0.39, 0.29) is 11.9 Å². The van der Waals surface area contributed by atoms with Gasteiger partial charge in [0.2, 0.25) is 0 Å². The molecule has 0 spiro atoms. The molecule has 0 amide bonds. The van der Waals surface area contributed by atoms with Crippen molar-refractivity contribution < 1.29 is 13.9 Å². The van der Waals surface area contributed by atoms with Crippen LogP contribution in [-0.2, 0) is 17.8 Å². The van der Waals surface area contributed by atoms with Crippen LogP contribution in [0.25, 0.3) is 0 Å². The maximum absolute atomic E-state index is 12.9. The van der Waals surface area contributed by atoms with Crippen LogP contribution in [0.4, 0.5) is 4.39 Å². The third-order valence-corrected chi connectivity index (χ3v) is 3.98. The number of para-hydroxylation sites is 1. The van der Waals surface area contributed by atoms with Crippen LogP contribution in [0.2, 0.25) is 0 Å². The fraction of sp³-hybridized carbons (Fsp3) is 0.368. The van der Waals surface area contributed by atoms with Crippen LogP contribution in [0.5, 0.6) is 5.75 Å². The number of halogens is 1. The average molecular weight is 315 g/mol. The van der Waals surface area contributed by atoms with E-state index in [0.717, 1.165) is 36.3 Å². The first-order valence-electron chi connectivity index (χ1n) is 8.09. The van der Waals surface area contributed by atoms with E-state index in [1.54, 1.807) is 12.1 Å². The summed E-state index contributed by atoms with van der Waals surface area (Å²) in [7, 11) is 0. The van der Waals surface area contributed by atoms with Gasteiger partial charge < -0.3 is 14.8 Å². The summed E-state index contributed by atoms with van der Waals surface area (Å²) in [5.41, 5.74) is 2.18. The van der Waals surface area contributed by atoms with Crippen LogP contribution < -0.4 is 10.1 Å². The standard InChI is InChI=1S/C19H22FNO2/c20-17-9-7-15(8-10-17)12-21-13-16-4-1-2-6-19(16)23-14-18-5-3-11-22-18/h1-2,4,6-10,18,21H,3,5,11-14H2. The summed E-state index contributed by atoms with van der Waals surface area (Å²) in [6, 6.07) is 14.6.